The Kier molecular flexibility index (Phi) is 4.64. The molecule has 1 amide bonds. The van der Waals surface area contributed by atoms with Crippen molar-refractivity contribution >= 4 is 28.6 Å². The first-order valence-electron chi connectivity index (χ1n) is 8.88. The summed E-state index contributed by atoms with van der Waals surface area (Å²) in [7, 11) is 0. The lowest BCUT2D eigenvalue weighted by atomic mass is 10.1. The quantitative estimate of drug-likeness (QED) is 0.784. The second kappa shape index (κ2) is 6.63. The summed E-state index contributed by atoms with van der Waals surface area (Å²) < 4.78 is 6.88. The van der Waals surface area contributed by atoms with Crippen LogP contribution in [-0.2, 0) is 4.74 Å². The largest absolute Gasteiger partial charge is 0.444 e. The van der Waals surface area contributed by atoms with Crippen LogP contribution in [-0.4, -0.2) is 58.5 Å². The molecule has 3 rings (SSSR count). The van der Waals surface area contributed by atoms with E-state index >= 15 is 0 Å². The van der Waals surface area contributed by atoms with E-state index in [-0.39, 0.29) is 12.0 Å². The average molecular weight is 358 g/mol. The van der Waals surface area contributed by atoms with Crippen molar-refractivity contribution in [1.29, 1.82) is 0 Å². The summed E-state index contributed by atoms with van der Waals surface area (Å²) in [6.45, 7) is 11.8. The standard InChI is InChI=1S/C19H26N4O3/c1-13-10-15-12-20-23(14(2)24)17(15)11-16(13)21-6-8-22(9-7-21)18(25)26-19(3,4)5/h10-12H,6-9H2,1-5H3. The maximum atomic E-state index is 12.2. The zero-order valence-electron chi connectivity index (χ0n) is 16.1. The Morgan fingerprint density at radius 2 is 1.77 bits per heavy atom. The van der Waals surface area contributed by atoms with Crippen molar-refractivity contribution in [2.75, 3.05) is 31.1 Å². The molecule has 7 nitrogen and oxygen atoms in total. The molecule has 140 valence electrons. The first-order chi connectivity index (χ1) is 12.2. The number of nitrogens with zero attached hydrogens (tertiary/aromatic N) is 4. The highest BCUT2D eigenvalue weighted by atomic mass is 16.6. The van der Waals surface area contributed by atoms with Crippen LogP contribution in [0.3, 0.4) is 0 Å². The van der Waals surface area contributed by atoms with Crippen LogP contribution in [0.15, 0.2) is 18.3 Å². The van der Waals surface area contributed by atoms with Gasteiger partial charge in [0.05, 0.1) is 11.7 Å². The predicted molar refractivity (Wildman–Crippen MR) is 101 cm³/mol. The number of aryl methyl sites for hydroxylation is 1. The van der Waals surface area contributed by atoms with E-state index in [0.717, 1.165) is 35.2 Å². The Morgan fingerprint density at radius 3 is 2.35 bits per heavy atom. The van der Waals surface area contributed by atoms with E-state index < -0.39 is 5.60 Å². The Labute approximate surface area is 153 Å². The number of carbonyl (C=O) groups is 2. The molecular weight excluding hydrogens is 332 g/mol. The lowest BCUT2D eigenvalue weighted by molar-refractivity contribution is 0.0240. The summed E-state index contributed by atoms with van der Waals surface area (Å²) in [4.78, 5) is 28.0. The molecule has 0 saturated carbocycles. The molecule has 26 heavy (non-hydrogen) atoms. The van der Waals surface area contributed by atoms with Gasteiger partial charge in [-0.15, -0.1) is 0 Å². The summed E-state index contributed by atoms with van der Waals surface area (Å²) in [5.74, 6) is -0.107. The number of hydrogen-bond donors (Lipinski definition) is 0. The van der Waals surface area contributed by atoms with Gasteiger partial charge in [-0.3, -0.25) is 4.79 Å². The van der Waals surface area contributed by atoms with E-state index in [1.54, 1.807) is 11.1 Å². The van der Waals surface area contributed by atoms with Gasteiger partial charge in [-0.05, 0) is 45.4 Å². The molecule has 0 bridgehead atoms. The second-order valence-electron chi connectivity index (χ2n) is 7.73. The number of fused-ring (bicyclic) bond motifs is 1. The molecule has 1 aliphatic rings. The number of carbonyl (C=O) groups excluding carboxylic acids is 2. The van der Waals surface area contributed by atoms with Crippen LogP contribution in [0.2, 0.25) is 0 Å². The van der Waals surface area contributed by atoms with Crippen LogP contribution < -0.4 is 4.90 Å². The number of amides is 1. The maximum Gasteiger partial charge on any atom is 0.410 e. The van der Waals surface area contributed by atoms with Crippen LogP contribution in [0.25, 0.3) is 10.9 Å². The average Bonchev–Trinajstić information content (AvgIpc) is 2.95. The van der Waals surface area contributed by atoms with E-state index in [4.69, 9.17) is 4.74 Å². The molecule has 0 N–H and O–H groups in total. The highest BCUT2D eigenvalue weighted by Crippen LogP contribution is 2.28. The van der Waals surface area contributed by atoms with Crippen molar-refractivity contribution in [2.24, 2.45) is 0 Å². The third-order valence-corrected chi connectivity index (χ3v) is 4.46. The molecule has 0 radical (unpaired) electrons. The summed E-state index contributed by atoms with van der Waals surface area (Å²) in [6.07, 6.45) is 1.45. The summed E-state index contributed by atoms with van der Waals surface area (Å²) in [6, 6.07) is 4.07. The number of piperazine rings is 1. The first-order valence-corrected chi connectivity index (χ1v) is 8.88. The third kappa shape index (κ3) is 3.66. The molecular formula is C19H26N4O3. The highest BCUT2D eigenvalue weighted by Gasteiger charge is 2.26. The first kappa shape index (κ1) is 18.2. The fourth-order valence-corrected chi connectivity index (χ4v) is 3.22. The van der Waals surface area contributed by atoms with Gasteiger partial charge in [0, 0.05) is 44.2 Å². The topological polar surface area (TPSA) is 67.7 Å². The van der Waals surface area contributed by atoms with Gasteiger partial charge in [-0.2, -0.15) is 5.10 Å². The van der Waals surface area contributed by atoms with Gasteiger partial charge in [0.1, 0.15) is 5.60 Å². The number of aromatic nitrogens is 2. The van der Waals surface area contributed by atoms with Crippen molar-refractivity contribution < 1.29 is 14.3 Å². The lowest BCUT2D eigenvalue weighted by Crippen LogP contribution is -2.50. The van der Waals surface area contributed by atoms with Crippen molar-refractivity contribution in [3.63, 3.8) is 0 Å². The SMILES string of the molecule is CC(=O)n1ncc2cc(C)c(N3CCN(C(=O)OC(C)(C)C)CC3)cc21. The van der Waals surface area contributed by atoms with Crippen LogP contribution in [0.5, 0.6) is 0 Å². The maximum absolute atomic E-state index is 12.2. The van der Waals surface area contributed by atoms with E-state index in [2.05, 4.69) is 23.0 Å². The molecule has 7 heteroatoms. The van der Waals surface area contributed by atoms with Gasteiger partial charge >= 0.3 is 6.09 Å². The molecule has 0 spiro atoms. The molecule has 0 unspecified atom stereocenters. The highest BCUT2D eigenvalue weighted by molar-refractivity contribution is 5.92. The minimum atomic E-state index is -0.485. The third-order valence-electron chi connectivity index (χ3n) is 4.46. The Hall–Kier alpha value is -2.57. The van der Waals surface area contributed by atoms with Crippen molar-refractivity contribution in [3.05, 3.63) is 23.9 Å². The van der Waals surface area contributed by atoms with Crippen LogP contribution in [0.1, 0.15) is 38.1 Å². The zero-order chi connectivity index (χ0) is 19.1. The van der Waals surface area contributed by atoms with Crippen LogP contribution >= 0.6 is 0 Å². The molecule has 2 aromatic rings. The van der Waals surface area contributed by atoms with E-state index in [1.807, 2.05) is 26.8 Å². The Morgan fingerprint density at radius 1 is 1.12 bits per heavy atom. The fourth-order valence-electron chi connectivity index (χ4n) is 3.22. The Bertz CT molecular complexity index is 842. The Balaban J connectivity index is 1.77. The number of benzene rings is 1. The minimum absolute atomic E-state index is 0.107. The number of hydrogen-bond acceptors (Lipinski definition) is 5. The van der Waals surface area contributed by atoms with Crippen molar-refractivity contribution in [1.82, 2.24) is 14.7 Å². The zero-order valence-corrected chi connectivity index (χ0v) is 16.1. The molecule has 0 aliphatic carbocycles. The second-order valence-corrected chi connectivity index (χ2v) is 7.73. The van der Waals surface area contributed by atoms with E-state index in [0.29, 0.717) is 13.1 Å². The molecule has 0 atom stereocenters. The van der Waals surface area contributed by atoms with Gasteiger partial charge in [-0.1, -0.05) is 0 Å². The van der Waals surface area contributed by atoms with Gasteiger partial charge in [0.2, 0.25) is 5.91 Å². The summed E-state index contributed by atoms with van der Waals surface area (Å²) in [5.41, 5.74) is 2.53. The summed E-state index contributed by atoms with van der Waals surface area (Å²) >= 11 is 0. The molecule has 1 fully saturated rings. The predicted octanol–water partition coefficient (Wildman–Crippen LogP) is 3.06. The molecule has 1 aromatic heterocycles. The van der Waals surface area contributed by atoms with Crippen molar-refractivity contribution in [2.45, 2.75) is 40.2 Å². The minimum Gasteiger partial charge on any atom is -0.444 e. The molecule has 2 heterocycles. The number of rotatable bonds is 1. The number of anilines is 1. The van der Waals surface area contributed by atoms with Gasteiger partial charge in [0.25, 0.3) is 0 Å². The van der Waals surface area contributed by atoms with E-state index in [9.17, 15) is 9.59 Å². The molecule has 1 aliphatic heterocycles. The smallest absolute Gasteiger partial charge is 0.410 e. The van der Waals surface area contributed by atoms with Gasteiger partial charge < -0.3 is 14.5 Å². The van der Waals surface area contributed by atoms with Crippen LogP contribution in [0, 0.1) is 6.92 Å². The van der Waals surface area contributed by atoms with Gasteiger partial charge in [-0.25, -0.2) is 9.48 Å². The van der Waals surface area contributed by atoms with Crippen LogP contribution in [0.4, 0.5) is 10.5 Å². The molecule has 1 aromatic carbocycles. The fraction of sp³-hybridized carbons (Fsp3) is 0.526. The monoisotopic (exact) mass is 358 g/mol. The van der Waals surface area contributed by atoms with E-state index in [1.165, 1.54) is 11.6 Å². The number of ether oxygens (including phenoxy) is 1. The summed E-state index contributed by atoms with van der Waals surface area (Å²) in [5, 5.41) is 5.12. The van der Waals surface area contributed by atoms with Crippen molar-refractivity contribution in [3.8, 4) is 0 Å². The van der Waals surface area contributed by atoms with Gasteiger partial charge in [0.15, 0.2) is 0 Å². The normalized spacial score (nSPS) is 15.4. The molecule has 1 saturated heterocycles. The lowest BCUT2D eigenvalue weighted by Gasteiger charge is -2.37.